The lowest BCUT2D eigenvalue weighted by Crippen LogP contribution is -2.32. The summed E-state index contributed by atoms with van der Waals surface area (Å²) in [5.74, 6) is 1.71. The molecule has 0 saturated carbocycles. The average molecular weight is 430 g/mol. The molecule has 2 amide bonds. The van der Waals surface area contributed by atoms with Crippen molar-refractivity contribution in [1.82, 2.24) is 25.1 Å². The van der Waals surface area contributed by atoms with Gasteiger partial charge < -0.3 is 16.0 Å². The molecule has 0 saturated heterocycles. The van der Waals surface area contributed by atoms with Crippen LogP contribution in [0.4, 0.5) is 16.3 Å². The van der Waals surface area contributed by atoms with Crippen molar-refractivity contribution < 1.29 is 4.79 Å². The fourth-order valence-corrected chi connectivity index (χ4v) is 3.27. The first kappa shape index (κ1) is 21.3. The molecule has 0 aliphatic heterocycles. The summed E-state index contributed by atoms with van der Waals surface area (Å²) in [6.45, 7) is 5.19. The maximum atomic E-state index is 12.1. The van der Waals surface area contributed by atoms with E-state index in [4.69, 9.17) is 9.97 Å². The second-order valence-electron chi connectivity index (χ2n) is 7.54. The van der Waals surface area contributed by atoms with Crippen LogP contribution >= 0.6 is 0 Å². The Hall–Kier alpha value is -3.94. The van der Waals surface area contributed by atoms with Gasteiger partial charge in [-0.05, 0) is 30.7 Å². The Morgan fingerprint density at radius 2 is 1.72 bits per heavy atom. The number of anilines is 2. The van der Waals surface area contributed by atoms with Crippen LogP contribution < -0.4 is 16.0 Å². The van der Waals surface area contributed by atoms with Crippen molar-refractivity contribution in [2.45, 2.75) is 26.2 Å². The number of para-hydroxylation sites is 2. The first-order valence-corrected chi connectivity index (χ1v) is 10.8. The summed E-state index contributed by atoms with van der Waals surface area (Å²) in [5.41, 5.74) is 2.46. The Labute approximate surface area is 187 Å². The standard InChI is InChI=1S/C24H27N7O/c1-3-17(2)21-29-22(25-14-15-26-24(32)28-18-10-6-4-7-11-18)20-16-27-31(23(20)30-21)19-12-8-5-9-13-19/h4-13,16-17H,3,14-15H2,1-2H3,(H,25,29,30)(H2,26,28,32)/t17-/m1/s1. The van der Waals surface area contributed by atoms with Gasteiger partial charge in [0.05, 0.1) is 17.3 Å². The van der Waals surface area contributed by atoms with E-state index < -0.39 is 0 Å². The number of hydrogen-bond acceptors (Lipinski definition) is 5. The summed E-state index contributed by atoms with van der Waals surface area (Å²) in [6, 6.07) is 19.0. The molecule has 4 rings (SSSR count). The van der Waals surface area contributed by atoms with Crippen LogP contribution in [-0.2, 0) is 0 Å². The number of nitrogens with zero attached hydrogens (tertiary/aromatic N) is 4. The third-order valence-corrected chi connectivity index (χ3v) is 5.23. The molecular weight excluding hydrogens is 402 g/mol. The first-order chi connectivity index (χ1) is 15.7. The SMILES string of the molecule is CC[C@@H](C)c1nc(NCCNC(=O)Nc2ccccc2)c2cnn(-c3ccccc3)c2n1. The Bertz CT molecular complexity index is 1180. The highest BCUT2D eigenvalue weighted by Crippen LogP contribution is 2.26. The fraction of sp³-hybridized carbons (Fsp3) is 0.250. The van der Waals surface area contributed by atoms with Gasteiger partial charge in [-0.3, -0.25) is 0 Å². The van der Waals surface area contributed by atoms with Crippen LogP contribution in [0.1, 0.15) is 32.0 Å². The molecule has 2 heterocycles. The highest BCUT2D eigenvalue weighted by Gasteiger charge is 2.16. The molecule has 2 aromatic carbocycles. The largest absolute Gasteiger partial charge is 0.368 e. The van der Waals surface area contributed by atoms with E-state index in [9.17, 15) is 4.79 Å². The fourth-order valence-electron chi connectivity index (χ4n) is 3.27. The van der Waals surface area contributed by atoms with Gasteiger partial charge in [-0.25, -0.2) is 19.4 Å². The zero-order valence-corrected chi connectivity index (χ0v) is 18.2. The number of hydrogen-bond donors (Lipinski definition) is 3. The summed E-state index contributed by atoms with van der Waals surface area (Å²) in [4.78, 5) is 21.7. The molecule has 0 unspecified atom stereocenters. The van der Waals surface area contributed by atoms with Gasteiger partial charge in [0.2, 0.25) is 0 Å². The van der Waals surface area contributed by atoms with Gasteiger partial charge in [0, 0.05) is 24.7 Å². The highest BCUT2D eigenvalue weighted by molar-refractivity contribution is 5.89. The second kappa shape index (κ2) is 9.91. The lowest BCUT2D eigenvalue weighted by Gasteiger charge is -2.13. The van der Waals surface area contributed by atoms with Crippen molar-refractivity contribution in [3.05, 3.63) is 72.7 Å². The van der Waals surface area contributed by atoms with E-state index in [1.54, 1.807) is 6.20 Å². The second-order valence-corrected chi connectivity index (χ2v) is 7.54. The number of urea groups is 1. The molecule has 2 aromatic heterocycles. The van der Waals surface area contributed by atoms with Crippen LogP contribution in [0.3, 0.4) is 0 Å². The van der Waals surface area contributed by atoms with E-state index in [0.29, 0.717) is 13.1 Å². The van der Waals surface area contributed by atoms with E-state index in [0.717, 1.165) is 40.5 Å². The number of rotatable bonds is 8. The predicted molar refractivity (Wildman–Crippen MR) is 127 cm³/mol. The average Bonchev–Trinajstić information content (AvgIpc) is 3.26. The number of fused-ring (bicyclic) bond motifs is 1. The Morgan fingerprint density at radius 3 is 2.44 bits per heavy atom. The Balaban J connectivity index is 1.49. The third kappa shape index (κ3) is 4.85. The van der Waals surface area contributed by atoms with Gasteiger partial charge >= 0.3 is 6.03 Å². The molecule has 32 heavy (non-hydrogen) atoms. The van der Waals surface area contributed by atoms with Crippen LogP contribution in [0.15, 0.2) is 66.9 Å². The molecule has 0 aliphatic rings. The third-order valence-electron chi connectivity index (χ3n) is 5.23. The number of benzene rings is 2. The minimum absolute atomic E-state index is 0.217. The molecule has 0 radical (unpaired) electrons. The van der Waals surface area contributed by atoms with Crippen LogP contribution in [0.25, 0.3) is 16.7 Å². The first-order valence-electron chi connectivity index (χ1n) is 10.8. The Kier molecular flexibility index (Phi) is 6.60. The molecule has 8 heteroatoms. The van der Waals surface area contributed by atoms with Gasteiger partial charge in [-0.1, -0.05) is 50.2 Å². The summed E-state index contributed by atoms with van der Waals surface area (Å²) < 4.78 is 1.83. The molecule has 0 bridgehead atoms. The zero-order valence-electron chi connectivity index (χ0n) is 18.2. The summed E-state index contributed by atoms with van der Waals surface area (Å²) in [6.07, 6.45) is 2.71. The molecular formula is C24H27N7O. The van der Waals surface area contributed by atoms with Crippen molar-refractivity contribution >= 4 is 28.6 Å². The maximum absolute atomic E-state index is 12.1. The smallest absolute Gasteiger partial charge is 0.319 e. The van der Waals surface area contributed by atoms with E-state index >= 15 is 0 Å². The molecule has 0 aliphatic carbocycles. The number of carbonyl (C=O) groups excluding carboxylic acids is 1. The van der Waals surface area contributed by atoms with Crippen molar-refractivity contribution in [2.24, 2.45) is 0 Å². The lowest BCUT2D eigenvalue weighted by atomic mass is 10.1. The topological polar surface area (TPSA) is 96.8 Å². The van der Waals surface area contributed by atoms with Gasteiger partial charge in [-0.2, -0.15) is 5.10 Å². The van der Waals surface area contributed by atoms with Crippen molar-refractivity contribution in [3.8, 4) is 5.69 Å². The van der Waals surface area contributed by atoms with Gasteiger partial charge in [0.15, 0.2) is 5.65 Å². The molecule has 0 fully saturated rings. The molecule has 1 atom stereocenters. The van der Waals surface area contributed by atoms with E-state index in [-0.39, 0.29) is 11.9 Å². The van der Waals surface area contributed by atoms with Gasteiger partial charge in [-0.15, -0.1) is 0 Å². The van der Waals surface area contributed by atoms with Crippen molar-refractivity contribution in [1.29, 1.82) is 0 Å². The normalized spacial score (nSPS) is 11.8. The molecule has 0 spiro atoms. The maximum Gasteiger partial charge on any atom is 0.319 e. The van der Waals surface area contributed by atoms with Gasteiger partial charge in [0.1, 0.15) is 11.6 Å². The number of amides is 2. The zero-order chi connectivity index (χ0) is 22.3. The van der Waals surface area contributed by atoms with E-state index in [2.05, 4.69) is 34.9 Å². The quantitative estimate of drug-likeness (QED) is 0.357. The van der Waals surface area contributed by atoms with E-state index in [1.807, 2.05) is 65.3 Å². The minimum Gasteiger partial charge on any atom is -0.368 e. The summed E-state index contributed by atoms with van der Waals surface area (Å²) >= 11 is 0. The number of carbonyl (C=O) groups is 1. The van der Waals surface area contributed by atoms with Gasteiger partial charge in [0.25, 0.3) is 0 Å². The molecule has 164 valence electrons. The van der Waals surface area contributed by atoms with Crippen LogP contribution in [0, 0.1) is 0 Å². The van der Waals surface area contributed by atoms with Crippen LogP contribution in [0.2, 0.25) is 0 Å². The monoisotopic (exact) mass is 429 g/mol. The van der Waals surface area contributed by atoms with Crippen molar-refractivity contribution in [3.63, 3.8) is 0 Å². The van der Waals surface area contributed by atoms with Crippen molar-refractivity contribution in [2.75, 3.05) is 23.7 Å². The number of aromatic nitrogens is 4. The molecule has 4 aromatic rings. The molecule has 8 nitrogen and oxygen atoms in total. The summed E-state index contributed by atoms with van der Waals surface area (Å²) in [7, 11) is 0. The Morgan fingerprint density at radius 1 is 1.00 bits per heavy atom. The highest BCUT2D eigenvalue weighted by atomic mass is 16.2. The van der Waals surface area contributed by atoms with E-state index in [1.165, 1.54) is 0 Å². The minimum atomic E-state index is -0.247. The summed E-state index contributed by atoms with van der Waals surface area (Å²) in [5, 5.41) is 14.4. The molecule has 3 N–H and O–H groups in total. The van der Waals surface area contributed by atoms with Crippen LogP contribution in [-0.4, -0.2) is 38.9 Å². The predicted octanol–water partition coefficient (Wildman–Crippen LogP) is 4.56. The lowest BCUT2D eigenvalue weighted by molar-refractivity contribution is 0.252. The number of nitrogens with one attached hydrogen (secondary N) is 3. The van der Waals surface area contributed by atoms with Crippen LogP contribution in [0.5, 0.6) is 0 Å².